The number of hydrogen-bond donors (Lipinski definition) is 1. The first-order valence-corrected chi connectivity index (χ1v) is 8.10. The standard InChI is InChI=1S/C15H11FINOS/c16-10-5-6-12(11(17)8-10)18-15(19)14-7-9-3-1-2-4-13(9)20-14/h1-6,8,14H,7H2,(H,18,19). The molecule has 0 saturated heterocycles. The maximum atomic E-state index is 13.0. The first-order chi connectivity index (χ1) is 9.63. The molecule has 5 heteroatoms. The number of amides is 1. The number of halogens is 2. The fourth-order valence-electron chi connectivity index (χ4n) is 2.13. The third-order valence-electron chi connectivity index (χ3n) is 3.13. The number of fused-ring (bicyclic) bond motifs is 1. The van der Waals surface area contributed by atoms with Crippen LogP contribution in [0, 0.1) is 9.39 Å². The largest absolute Gasteiger partial charge is 0.324 e. The molecule has 0 saturated carbocycles. The molecule has 102 valence electrons. The molecule has 2 aromatic carbocycles. The molecule has 2 nitrogen and oxygen atoms in total. The second-order valence-corrected chi connectivity index (χ2v) is 6.94. The Morgan fingerprint density at radius 3 is 2.85 bits per heavy atom. The zero-order chi connectivity index (χ0) is 14.1. The van der Waals surface area contributed by atoms with Gasteiger partial charge in [-0.3, -0.25) is 4.79 Å². The molecule has 0 spiro atoms. The van der Waals surface area contributed by atoms with Gasteiger partial charge >= 0.3 is 0 Å². The molecule has 1 aliphatic rings. The Balaban J connectivity index is 1.72. The van der Waals surface area contributed by atoms with Gasteiger partial charge in [0.05, 0.1) is 10.9 Å². The van der Waals surface area contributed by atoms with Gasteiger partial charge in [-0.25, -0.2) is 4.39 Å². The van der Waals surface area contributed by atoms with E-state index >= 15 is 0 Å². The highest BCUT2D eigenvalue weighted by Gasteiger charge is 2.28. The maximum absolute atomic E-state index is 13.0. The summed E-state index contributed by atoms with van der Waals surface area (Å²) in [4.78, 5) is 13.5. The lowest BCUT2D eigenvalue weighted by atomic mass is 10.1. The van der Waals surface area contributed by atoms with Crippen molar-refractivity contribution in [3.63, 3.8) is 0 Å². The van der Waals surface area contributed by atoms with Gasteiger partial charge in [-0.2, -0.15) is 0 Å². The van der Waals surface area contributed by atoms with Crippen LogP contribution in [0.25, 0.3) is 0 Å². The van der Waals surface area contributed by atoms with Crippen molar-refractivity contribution in [1.82, 2.24) is 0 Å². The minimum Gasteiger partial charge on any atom is -0.324 e. The number of hydrogen-bond acceptors (Lipinski definition) is 2. The number of thioether (sulfide) groups is 1. The summed E-state index contributed by atoms with van der Waals surface area (Å²) in [7, 11) is 0. The topological polar surface area (TPSA) is 29.1 Å². The molecular formula is C15H11FINOS. The number of rotatable bonds is 2. The second-order valence-electron chi connectivity index (χ2n) is 4.53. The van der Waals surface area contributed by atoms with Gasteiger partial charge in [-0.1, -0.05) is 18.2 Å². The molecule has 2 aromatic rings. The average Bonchev–Trinajstić information content (AvgIpc) is 2.86. The van der Waals surface area contributed by atoms with Gasteiger partial charge in [0.1, 0.15) is 5.82 Å². The quantitative estimate of drug-likeness (QED) is 0.772. The highest BCUT2D eigenvalue weighted by molar-refractivity contribution is 14.1. The van der Waals surface area contributed by atoms with E-state index in [0.717, 1.165) is 6.42 Å². The Morgan fingerprint density at radius 1 is 1.30 bits per heavy atom. The van der Waals surface area contributed by atoms with Gasteiger partial charge in [-0.15, -0.1) is 11.8 Å². The molecule has 1 heterocycles. The lowest BCUT2D eigenvalue weighted by molar-refractivity contribution is -0.115. The highest BCUT2D eigenvalue weighted by Crippen LogP contribution is 2.37. The normalized spacial score (nSPS) is 16.8. The lowest BCUT2D eigenvalue weighted by Crippen LogP contribution is -2.25. The Morgan fingerprint density at radius 2 is 2.10 bits per heavy atom. The average molecular weight is 399 g/mol. The number of nitrogens with one attached hydrogen (secondary N) is 1. The van der Waals surface area contributed by atoms with Gasteiger partial charge in [0.15, 0.2) is 0 Å². The van der Waals surface area contributed by atoms with Crippen LogP contribution in [0.1, 0.15) is 5.56 Å². The van der Waals surface area contributed by atoms with Gasteiger partial charge in [0.2, 0.25) is 5.91 Å². The van der Waals surface area contributed by atoms with E-state index in [1.54, 1.807) is 17.8 Å². The van der Waals surface area contributed by atoms with Gasteiger partial charge in [0.25, 0.3) is 0 Å². The van der Waals surface area contributed by atoms with Crippen LogP contribution in [0.15, 0.2) is 47.4 Å². The van der Waals surface area contributed by atoms with Crippen LogP contribution in [0.4, 0.5) is 10.1 Å². The Labute approximate surface area is 134 Å². The zero-order valence-electron chi connectivity index (χ0n) is 10.4. The smallest absolute Gasteiger partial charge is 0.238 e. The fraction of sp³-hybridized carbons (Fsp3) is 0.133. The molecule has 1 aliphatic heterocycles. The van der Waals surface area contributed by atoms with Crippen molar-refractivity contribution >= 4 is 45.9 Å². The van der Waals surface area contributed by atoms with E-state index in [1.165, 1.54) is 22.6 Å². The third kappa shape index (κ3) is 2.83. The summed E-state index contributed by atoms with van der Waals surface area (Å²) in [5.41, 5.74) is 1.88. The monoisotopic (exact) mass is 399 g/mol. The predicted octanol–water partition coefficient (Wildman–Crippen LogP) is 4.09. The van der Waals surface area contributed by atoms with Crippen molar-refractivity contribution in [2.75, 3.05) is 5.32 Å². The van der Waals surface area contributed by atoms with E-state index in [9.17, 15) is 9.18 Å². The summed E-state index contributed by atoms with van der Waals surface area (Å²) in [6, 6.07) is 12.4. The SMILES string of the molecule is O=C(Nc1ccc(F)cc1I)C1Cc2ccccc2S1. The van der Waals surface area contributed by atoms with Crippen molar-refractivity contribution in [3.8, 4) is 0 Å². The van der Waals surface area contributed by atoms with Crippen molar-refractivity contribution in [2.45, 2.75) is 16.6 Å². The molecule has 1 amide bonds. The number of anilines is 1. The van der Waals surface area contributed by atoms with Crippen LogP contribution in [0.3, 0.4) is 0 Å². The molecule has 0 aromatic heterocycles. The van der Waals surface area contributed by atoms with Crippen LogP contribution in [0.2, 0.25) is 0 Å². The first-order valence-electron chi connectivity index (χ1n) is 6.14. The zero-order valence-corrected chi connectivity index (χ0v) is 13.4. The number of carbonyl (C=O) groups excluding carboxylic acids is 1. The minimum atomic E-state index is -0.296. The van der Waals surface area contributed by atoms with Crippen molar-refractivity contribution in [3.05, 3.63) is 57.4 Å². The van der Waals surface area contributed by atoms with Crippen LogP contribution in [-0.2, 0) is 11.2 Å². The van der Waals surface area contributed by atoms with Crippen molar-refractivity contribution in [2.24, 2.45) is 0 Å². The van der Waals surface area contributed by atoms with E-state index < -0.39 is 0 Å². The minimum absolute atomic E-state index is 0.0317. The van der Waals surface area contributed by atoms with E-state index in [0.29, 0.717) is 9.26 Å². The highest BCUT2D eigenvalue weighted by atomic mass is 127. The Hall–Kier alpha value is -1.08. The van der Waals surface area contributed by atoms with Gasteiger partial charge < -0.3 is 5.32 Å². The molecular weight excluding hydrogens is 388 g/mol. The van der Waals surface area contributed by atoms with Crippen LogP contribution in [-0.4, -0.2) is 11.2 Å². The molecule has 3 rings (SSSR count). The molecule has 20 heavy (non-hydrogen) atoms. The summed E-state index contributed by atoms with van der Waals surface area (Å²) in [6.45, 7) is 0. The maximum Gasteiger partial charge on any atom is 0.238 e. The summed E-state index contributed by atoms with van der Waals surface area (Å²) < 4.78 is 13.7. The first kappa shape index (κ1) is 13.9. The molecule has 1 atom stereocenters. The Bertz CT molecular complexity index is 652. The predicted molar refractivity (Wildman–Crippen MR) is 87.5 cm³/mol. The third-order valence-corrected chi connectivity index (χ3v) is 5.34. The molecule has 0 bridgehead atoms. The van der Waals surface area contributed by atoms with Crippen molar-refractivity contribution < 1.29 is 9.18 Å². The van der Waals surface area contributed by atoms with Gasteiger partial charge in [-0.05, 0) is 58.8 Å². The fourth-order valence-corrected chi connectivity index (χ4v) is 3.94. The van der Waals surface area contributed by atoms with Gasteiger partial charge in [0, 0.05) is 8.47 Å². The molecule has 0 fully saturated rings. The van der Waals surface area contributed by atoms with Crippen molar-refractivity contribution in [1.29, 1.82) is 0 Å². The summed E-state index contributed by atoms with van der Waals surface area (Å²) in [5.74, 6) is -0.328. The molecule has 1 N–H and O–H groups in total. The van der Waals surface area contributed by atoms with E-state index in [4.69, 9.17) is 0 Å². The van der Waals surface area contributed by atoms with E-state index in [1.807, 2.05) is 40.8 Å². The van der Waals surface area contributed by atoms with E-state index in [2.05, 4.69) is 11.4 Å². The summed E-state index contributed by atoms with van der Waals surface area (Å²) in [5, 5.41) is 2.76. The van der Waals surface area contributed by atoms with E-state index in [-0.39, 0.29) is 17.0 Å². The lowest BCUT2D eigenvalue weighted by Gasteiger charge is -2.11. The molecule has 0 aliphatic carbocycles. The van der Waals surface area contributed by atoms with Crippen LogP contribution in [0.5, 0.6) is 0 Å². The summed E-state index contributed by atoms with van der Waals surface area (Å²) in [6.07, 6.45) is 0.741. The second kappa shape index (κ2) is 5.73. The van der Waals surface area contributed by atoms with Crippen LogP contribution < -0.4 is 5.32 Å². The van der Waals surface area contributed by atoms with Crippen LogP contribution >= 0.6 is 34.4 Å². The molecule has 0 radical (unpaired) electrons. The summed E-state index contributed by atoms with van der Waals surface area (Å²) >= 11 is 3.61. The Kier molecular flexibility index (Phi) is 3.98. The molecule has 1 unspecified atom stereocenters. The number of carbonyl (C=O) groups is 1. The number of benzene rings is 2.